The Morgan fingerprint density at radius 3 is 2.59 bits per heavy atom. The quantitative estimate of drug-likeness (QED) is 0.337. The van der Waals surface area contributed by atoms with Gasteiger partial charge in [0.2, 0.25) is 0 Å². The second-order valence-corrected chi connectivity index (χ2v) is 5.63. The van der Waals surface area contributed by atoms with Crippen LogP contribution >= 0.6 is 0 Å². The van der Waals surface area contributed by atoms with Crippen molar-refractivity contribution in [3.8, 4) is 11.8 Å². The molecule has 0 aliphatic heterocycles. The van der Waals surface area contributed by atoms with Gasteiger partial charge in [0.15, 0.2) is 0 Å². The number of carbonyl (C=O) groups excluding carboxylic acids is 1. The Hall–Kier alpha value is -3.86. The number of nitro groups is 1. The highest BCUT2D eigenvalue weighted by atomic mass is 16.6. The van der Waals surface area contributed by atoms with Gasteiger partial charge in [-0.2, -0.15) is 5.26 Å². The van der Waals surface area contributed by atoms with Gasteiger partial charge in [-0.05, 0) is 18.6 Å². The molecule has 1 amide bonds. The topological polar surface area (TPSA) is 117 Å². The van der Waals surface area contributed by atoms with Gasteiger partial charge < -0.3 is 15.4 Å². The van der Waals surface area contributed by atoms with Gasteiger partial charge in [0.25, 0.3) is 11.6 Å². The van der Waals surface area contributed by atoms with Gasteiger partial charge in [-0.3, -0.25) is 14.9 Å². The maximum absolute atomic E-state index is 12.3. The number of non-ortho nitro benzene ring substituents is 1. The van der Waals surface area contributed by atoms with E-state index in [1.54, 1.807) is 0 Å². The summed E-state index contributed by atoms with van der Waals surface area (Å²) in [6.07, 6.45) is 1.33. The minimum absolute atomic E-state index is 0.127. The van der Waals surface area contributed by atoms with E-state index in [0.717, 1.165) is 11.1 Å². The molecule has 0 fully saturated rings. The molecule has 0 unspecified atom stereocenters. The Bertz CT molecular complexity index is 914. The van der Waals surface area contributed by atoms with Crippen LogP contribution in [0.5, 0.6) is 5.75 Å². The van der Waals surface area contributed by atoms with E-state index < -0.39 is 10.8 Å². The predicted octanol–water partition coefficient (Wildman–Crippen LogP) is 3.05. The number of benzene rings is 2. The van der Waals surface area contributed by atoms with Crippen LogP contribution in [0.4, 0.5) is 11.4 Å². The van der Waals surface area contributed by atoms with Crippen molar-refractivity contribution in [1.29, 1.82) is 5.26 Å². The van der Waals surface area contributed by atoms with Crippen LogP contribution in [0, 0.1) is 28.4 Å². The Morgan fingerprint density at radius 1 is 1.30 bits per heavy atom. The number of methoxy groups -OCH3 is 1. The van der Waals surface area contributed by atoms with Crippen molar-refractivity contribution in [3.05, 3.63) is 75.5 Å². The van der Waals surface area contributed by atoms with Crippen LogP contribution in [0.3, 0.4) is 0 Å². The zero-order chi connectivity index (χ0) is 19.8. The number of nitriles is 1. The molecule has 0 aromatic heterocycles. The molecule has 0 heterocycles. The fourth-order valence-electron chi connectivity index (χ4n) is 2.21. The van der Waals surface area contributed by atoms with Crippen molar-refractivity contribution < 1.29 is 14.5 Å². The van der Waals surface area contributed by atoms with Crippen molar-refractivity contribution in [2.75, 3.05) is 12.4 Å². The highest BCUT2D eigenvalue weighted by Gasteiger charge is 2.15. The second-order valence-electron chi connectivity index (χ2n) is 5.63. The maximum atomic E-state index is 12.3. The van der Waals surface area contributed by atoms with Gasteiger partial charge in [-0.1, -0.05) is 29.8 Å². The third-order valence-corrected chi connectivity index (χ3v) is 3.68. The number of carbonyl (C=O) groups is 1. The summed E-state index contributed by atoms with van der Waals surface area (Å²) < 4.78 is 5.06. The average molecular weight is 366 g/mol. The standard InChI is InChI=1S/C19H18N4O4/c1-13-3-5-14(6-4-13)11-21-12-15(10-20)19(24)22-17-8-7-16(23(25)26)9-18(17)27-2/h3-9,12,21H,11H2,1-2H3,(H,22,24)/b15-12-. The van der Waals surface area contributed by atoms with E-state index in [4.69, 9.17) is 4.74 Å². The summed E-state index contributed by atoms with van der Waals surface area (Å²) in [5, 5.41) is 25.5. The lowest BCUT2D eigenvalue weighted by atomic mass is 10.1. The Balaban J connectivity index is 2.07. The first-order valence-corrected chi connectivity index (χ1v) is 7.97. The number of rotatable bonds is 7. The summed E-state index contributed by atoms with van der Waals surface area (Å²) in [6.45, 7) is 2.45. The van der Waals surface area contributed by atoms with E-state index >= 15 is 0 Å². The molecule has 27 heavy (non-hydrogen) atoms. The molecule has 0 saturated carbocycles. The summed E-state index contributed by atoms with van der Waals surface area (Å²) in [5.41, 5.74) is 2.07. The van der Waals surface area contributed by atoms with Gasteiger partial charge in [0.1, 0.15) is 17.4 Å². The first-order chi connectivity index (χ1) is 12.9. The number of anilines is 1. The van der Waals surface area contributed by atoms with Crippen LogP contribution in [-0.2, 0) is 11.3 Å². The highest BCUT2D eigenvalue weighted by molar-refractivity contribution is 6.07. The smallest absolute Gasteiger partial charge is 0.273 e. The number of ether oxygens (including phenoxy) is 1. The number of amides is 1. The molecule has 0 atom stereocenters. The first-order valence-electron chi connectivity index (χ1n) is 7.97. The summed E-state index contributed by atoms with van der Waals surface area (Å²) in [4.78, 5) is 22.5. The van der Waals surface area contributed by atoms with E-state index in [1.165, 1.54) is 31.5 Å². The zero-order valence-corrected chi connectivity index (χ0v) is 14.9. The summed E-state index contributed by atoms with van der Waals surface area (Å²) >= 11 is 0. The molecule has 2 N–H and O–H groups in total. The molecule has 0 bridgehead atoms. The first kappa shape index (κ1) is 19.5. The number of aryl methyl sites for hydroxylation is 1. The van der Waals surface area contributed by atoms with Crippen LogP contribution in [0.1, 0.15) is 11.1 Å². The van der Waals surface area contributed by atoms with Crippen LogP contribution in [0.2, 0.25) is 0 Å². The minimum atomic E-state index is -0.652. The number of nitrogens with zero attached hydrogens (tertiary/aromatic N) is 2. The lowest BCUT2D eigenvalue weighted by molar-refractivity contribution is -0.384. The van der Waals surface area contributed by atoms with Gasteiger partial charge in [0.05, 0.1) is 23.8 Å². The van der Waals surface area contributed by atoms with Crippen molar-refractivity contribution in [1.82, 2.24) is 5.32 Å². The highest BCUT2D eigenvalue weighted by Crippen LogP contribution is 2.29. The van der Waals surface area contributed by atoms with Crippen molar-refractivity contribution >= 4 is 17.3 Å². The lowest BCUT2D eigenvalue weighted by Gasteiger charge is -2.09. The maximum Gasteiger partial charge on any atom is 0.273 e. The van der Waals surface area contributed by atoms with Gasteiger partial charge in [0, 0.05) is 18.8 Å². The van der Waals surface area contributed by atoms with Crippen molar-refractivity contribution in [3.63, 3.8) is 0 Å². The van der Waals surface area contributed by atoms with Crippen LogP contribution < -0.4 is 15.4 Å². The van der Waals surface area contributed by atoms with Crippen LogP contribution in [-0.4, -0.2) is 17.9 Å². The lowest BCUT2D eigenvalue weighted by Crippen LogP contribution is -2.17. The molecule has 0 spiro atoms. The van der Waals surface area contributed by atoms with E-state index in [1.807, 2.05) is 37.3 Å². The average Bonchev–Trinajstić information content (AvgIpc) is 2.66. The molecule has 2 rings (SSSR count). The zero-order valence-electron chi connectivity index (χ0n) is 14.9. The molecule has 2 aromatic rings. The van der Waals surface area contributed by atoms with E-state index in [9.17, 15) is 20.2 Å². The molecule has 8 heteroatoms. The summed E-state index contributed by atoms with van der Waals surface area (Å²) in [7, 11) is 1.33. The van der Waals surface area contributed by atoms with Crippen molar-refractivity contribution in [2.24, 2.45) is 0 Å². The summed E-state index contributed by atoms with van der Waals surface area (Å²) in [5.74, 6) is -0.525. The normalized spacial score (nSPS) is 10.6. The Morgan fingerprint density at radius 2 is 2.00 bits per heavy atom. The second kappa shape index (κ2) is 9.01. The SMILES string of the molecule is COc1cc([N+](=O)[O-])ccc1NC(=O)/C(C#N)=C\NCc1ccc(C)cc1. The summed E-state index contributed by atoms with van der Waals surface area (Å²) in [6, 6.07) is 13.4. The molecule has 8 nitrogen and oxygen atoms in total. The van der Waals surface area contributed by atoms with E-state index in [-0.39, 0.29) is 22.7 Å². The predicted molar refractivity (Wildman–Crippen MR) is 100.0 cm³/mol. The van der Waals surface area contributed by atoms with Gasteiger partial charge in [-0.15, -0.1) is 0 Å². The fraction of sp³-hybridized carbons (Fsp3) is 0.158. The van der Waals surface area contributed by atoms with E-state index in [2.05, 4.69) is 10.6 Å². The third-order valence-electron chi connectivity index (χ3n) is 3.68. The largest absolute Gasteiger partial charge is 0.494 e. The minimum Gasteiger partial charge on any atom is -0.494 e. The molecule has 0 aliphatic rings. The monoisotopic (exact) mass is 366 g/mol. The molecule has 0 radical (unpaired) electrons. The number of hydrogen-bond donors (Lipinski definition) is 2. The third kappa shape index (κ3) is 5.31. The molecule has 138 valence electrons. The van der Waals surface area contributed by atoms with Gasteiger partial charge in [-0.25, -0.2) is 0 Å². The van der Waals surface area contributed by atoms with Crippen LogP contribution in [0.15, 0.2) is 54.2 Å². The molecular weight excluding hydrogens is 348 g/mol. The van der Waals surface area contributed by atoms with Crippen LogP contribution in [0.25, 0.3) is 0 Å². The van der Waals surface area contributed by atoms with Gasteiger partial charge >= 0.3 is 0 Å². The number of hydrogen-bond acceptors (Lipinski definition) is 6. The molecular formula is C19H18N4O4. The number of nitrogens with one attached hydrogen (secondary N) is 2. The fourth-order valence-corrected chi connectivity index (χ4v) is 2.21. The molecule has 0 aliphatic carbocycles. The molecule has 0 saturated heterocycles. The molecule has 2 aromatic carbocycles. The van der Waals surface area contributed by atoms with E-state index in [0.29, 0.717) is 6.54 Å². The Labute approximate surface area is 156 Å². The Kier molecular flexibility index (Phi) is 6.49. The van der Waals surface area contributed by atoms with Crippen molar-refractivity contribution in [2.45, 2.75) is 13.5 Å². The number of nitro benzene ring substituents is 1.